The van der Waals surface area contributed by atoms with Gasteiger partial charge in [-0.25, -0.2) is 4.39 Å². The first-order valence-electron chi connectivity index (χ1n) is 9.54. The molecule has 4 rings (SSSR count). The van der Waals surface area contributed by atoms with Crippen LogP contribution < -0.4 is 9.64 Å². The van der Waals surface area contributed by atoms with Gasteiger partial charge in [0, 0.05) is 29.7 Å². The number of benzene rings is 2. The zero-order valence-corrected chi connectivity index (χ0v) is 16.9. The lowest BCUT2D eigenvalue weighted by Crippen LogP contribution is -2.29. The van der Waals surface area contributed by atoms with E-state index in [9.17, 15) is 19.1 Å². The highest BCUT2D eigenvalue weighted by molar-refractivity contribution is 6.51. The van der Waals surface area contributed by atoms with Crippen molar-refractivity contribution in [2.24, 2.45) is 0 Å². The summed E-state index contributed by atoms with van der Waals surface area (Å²) in [6.07, 6.45) is 3.09. The second kappa shape index (κ2) is 8.02. The van der Waals surface area contributed by atoms with E-state index in [0.717, 1.165) is 0 Å². The van der Waals surface area contributed by atoms with Gasteiger partial charge in [-0.1, -0.05) is 6.07 Å². The molecule has 7 heteroatoms. The minimum atomic E-state index is -0.888. The first kappa shape index (κ1) is 20.3. The zero-order valence-electron chi connectivity index (χ0n) is 16.9. The molecule has 1 aromatic heterocycles. The summed E-state index contributed by atoms with van der Waals surface area (Å²) in [5.74, 6) is -1.89. The average molecular weight is 418 g/mol. The van der Waals surface area contributed by atoms with Gasteiger partial charge in [-0.3, -0.25) is 19.5 Å². The van der Waals surface area contributed by atoms with Gasteiger partial charge in [-0.15, -0.1) is 0 Å². The quantitative estimate of drug-likeness (QED) is 0.391. The second-order valence-corrected chi connectivity index (χ2v) is 7.12. The van der Waals surface area contributed by atoms with E-state index >= 15 is 0 Å². The lowest BCUT2D eigenvalue weighted by atomic mass is 9.95. The number of halogens is 1. The number of anilines is 1. The van der Waals surface area contributed by atoms with E-state index in [1.807, 2.05) is 0 Å². The standard InChI is InChI=1S/C24H19FN2O4/c1-14-12-16(6-7-19(14)25)22(28)20-21(15-8-10-26-11-9-15)27(24(30)23(20)29)17-4-3-5-18(13-17)31-2/h3-13,21,28H,1-2H3/b22-20+. The van der Waals surface area contributed by atoms with Crippen molar-refractivity contribution in [2.75, 3.05) is 12.0 Å². The third-order valence-corrected chi connectivity index (χ3v) is 5.23. The average Bonchev–Trinajstić information content (AvgIpc) is 3.06. The molecule has 2 heterocycles. The number of hydrogen-bond donors (Lipinski definition) is 1. The third-order valence-electron chi connectivity index (χ3n) is 5.23. The molecule has 6 nitrogen and oxygen atoms in total. The van der Waals surface area contributed by atoms with E-state index in [1.54, 1.807) is 55.7 Å². The Kier molecular flexibility index (Phi) is 5.25. The Morgan fingerprint density at radius 2 is 1.84 bits per heavy atom. The molecule has 1 saturated heterocycles. The number of ketones is 1. The predicted octanol–water partition coefficient (Wildman–Crippen LogP) is 4.16. The Morgan fingerprint density at radius 3 is 2.52 bits per heavy atom. The number of carbonyl (C=O) groups is 2. The van der Waals surface area contributed by atoms with Crippen LogP contribution in [0.3, 0.4) is 0 Å². The topological polar surface area (TPSA) is 79.7 Å². The fourth-order valence-corrected chi connectivity index (χ4v) is 3.67. The van der Waals surface area contributed by atoms with Crippen LogP contribution in [0.15, 0.2) is 72.6 Å². The van der Waals surface area contributed by atoms with Gasteiger partial charge in [0.2, 0.25) is 0 Å². The molecule has 0 spiro atoms. The maximum absolute atomic E-state index is 13.7. The van der Waals surface area contributed by atoms with Gasteiger partial charge in [-0.05, 0) is 60.5 Å². The van der Waals surface area contributed by atoms with Crippen molar-refractivity contribution < 1.29 is 23.8 Å². The number of aliphatic hydroxyl groups is 1. The summed E-state index contributed by atoms with van der Waals surface area (Å²) in [5.41, 5.74) is 1.52. The van der Waals surface area contributed by atoms with Gasteiger partial charge in [-0.2, -0.15) is 0 Å². The fraction of sp³-hybridized carbons (Fsp3) is 0.125. The molecule has 1 amide bonds. The van der Waals surface area contributed by atoms with Gasteiger partial charge in [0.15, 0.2) is 0 Å². The smallest absolute Gasteiger partial charge is 0.300 e. The molecule has 1 fully saturated rings. The van der Waals surface area contributed by atoms with E-state index in [4.69, 9.17) is 4.74 Å². The third kappa shape index (κ3) is 3.54. The van der Waals surface area contributed by atoms with Gasteiger partial charge < -0.3 is 9.84 Å². The summed E-state index contributed by atoms with van der Waals surface area (Å²) in [5, 5.41) is 11.0. The number of aryl methyl sites for hydroxylation is 1. The van der Waals surface area contributed by atoms with Gasteiger partial charge in [0.05, 0.1) is 18.7 Å². The highest BCUT2D eigenvalue weighted by atomic mass is 19.1. The Bertz CT molecular complexity index is 1210. The SMILES string of the molecule is COc1cccc(N2C(=O)C(=O)/C(=C(/O)c3ccc(F)c(C)c3)C2c2ccncc2)c1. The monoisotopic (exact) mass is 418 g/mol. The maximum atomic E-state index is 13.7. The van der Waals surface area contributed by atoms with Crippen molar-refractivity contribution in [3.63, 3.8) is 0 Å². The van der Waals surface area contributed by atoms with Crippen LogP contribution in [0.1, 0.15) is 22.7 Å². The normalized spacial score (nSPS) is 17.8. The van der Waals surface area contributed by atoms with Crippen molar-refractivity contribution in [1.29, 1.82) is 0 Å². The van der Waals surface area contributed by atoms with Crippen molar-refractivity contribution in [3.8, 4) is 5.75 Å². The van der Waals surface area contributed by atoms with Crippen molar-refractivity contribution in [2.45, 2.75) is 13.0 Å². The molecule has 3 aromatic rings. The van der Waals surface area contributed by atoms with Crippen LogP contribution in [0.25, 0.3) is 5.76 Å². The number of carbonyl (C=O) groups excluding carboxylic acids is 2. The highest BCUT2D eigenvalue weighted by Gasteiger charge is 2.47. The number of hydrogen-bond acceptors (Lipinski definition) is 5. The number of nitrogens with zero attached hydrogens (tertiary/aromatic N) is 2. The van der Waals surface area contributed by atoms with Gasteiger partial charge in [0.25, 0.3) is 11.7 Å². The number of pyridine rings is 1. The van der Waals surface area contributed by atoms with Crippen LogP contribution in [0, 0.1) is 12.7 Å². The van der Waals surface area contributed by atoms with E-state index in [1.165, 1.54) is 30.2 Å². The van der Waals surface area contributed by atoms with E-state index in [2.05, 4.69) is 4.98 Å². The summed E-state index contributed by atoms with van der Waals surface area (Å²) in [6.45, 7) is 1.56. The molecular formula is C24H19FN2O4. The molecular weight excluding hydrogens is 399 g/mol. The number of rotatable bonds is 4. The molecule has 1 atom stereocenters. The molecule has 0 radical (unpaired) electrons. The highest BCUT2D eigenvalue weighted by Crippen LogP contribution is 2.42. The second-order valence-electron chi connectivity index (χ2n) is 7.12. The minimum absolute atomic E-state index is 0.0787. The molecule has 2 aromatic carbocycles. The number of ether oxygens (including phenoxy) is 1. The molecule has 1 aliphatic heterocycles. The molecule has 31 heavy (non-hydrogen) atoms. The lowest BCUT2D eigenvalue weighted by molar-refractivity contribution is -0.132. The summed E-state index contributed by atoms with van der Waals surface area (Å²) >= 11 is 0. The Balaban J connectivity index is 1.94. The van der Waals surface area contributed by atoms with Crippen LogP contribution in [0.4, 0.5) is 10.1 Å². The van der Waals surface area contributed by atoms with Crippen LogP contribution in [0.2, 0.25) is 0 Å². The van der Waals surface area contributed by atoms with Crippen LogP contribution in [-0.2, 0) is 9.59 Å². The Hall–Kier alpha value is -4.00. The van der Waals surface area contributed by atoms with Gasteiger partial charge in [0.1, 0.15) is 17.3 Å². The van der Waals surface area contributed by atoms with Crippen molar-refractivity contribution >= 4 is 23.1 Å². The first-order valence-corrected chi connectivity index (χ1v) is 9.54. The van der Waals surface area contributed by atoms with E-state index < -0.39 is 23.5 Å². The van der Waals surface area contributed by atoms with Gasteiger partial charge >= 0.3 is 0 Å². The lowest BCUT2D eigenvalue weighted by Gasteiger charge is -2.25. The molecule has 1 aliphatic rings. The summed E-state index contributed by atoms with van der Waals surface area (Å²) in [7, 11) is 1.50. The molecule has 156 valence electrons. The largest absolute Gasteiger partial charge is 0.507 e. The van der Waals surface area contributed by atoms with Crippen LogP contribution in [-0.4, -0.2) is 28.9 Å². The molecule has 0 saturated carbocycles. The van der Waals surface area contributed by atoms with E-state index in [-0.39, 0.29) is 16.9 Å². The summed E-state index contributed by atoms with van der Waals surface area (Å²) in [4.78, 5) is 31.5. The molecule has 1 N–H and O–H groups in total. The molecule has 0 aliphatic carbocycles. The number of Topliss-reactive ketones (excluding diaryl/α,β-unsaturated/α-hetero) is 1. The Morgan fingerprint density at radius 1 is 1.10 bits per heavy atom. The molecule has 0 bridgehead atoms. The van der Waals surface area contributed by atoms with Crippen LogP contribution in [0.5, 0.6) is 5.75 Å². The number of amides is 1. The minimum Gasteiger partial charge on any atom is -0.507 e. The number of methoxy groups -OCH3 is 1. The fourth-order valence-electron chi connectivity index (χ4n) is 3.67. The number of aromatic nitrogens is 1. The van der Waals surface area contributed by atoms with Crippen molar-refractivity contribution in [1.82, 2.24) is 4.98 Å². The number of aliphatic hydroxyl groups excluding tert-OH is 1. The van der Waals surface area contributed by atoms with Crippen molar-refractivity contribution in [3.05, 3.63) is 95.1 Å². The Labute approximate surface area is 178 Å². The maximum Gasteiger partial charge on any atom is 0.300 e. The predicted molar refractivity (Wildman–Crippen MR) is 113 cm³/mol. The summed E-state index contributed by atoms with van der Waals surface area (Å²) < 4.78 is 19.0. The molecule has 1 unspecified atom stereocenters. The summed E-state index contributed by atoms with van der Waals surface area (Å²) in [6, 6.07) is 13.2. The van der Waals surface area contributed by atoms with E-state index in [0.29, 0.717) is 22.6 Å². The van der Waals surface area contributed by atoms with Crippen LogP contribution >= 0.6 is 0 Å². The zero-order chi connectivity index (χ0) is 22.1. The first-order chi connectivity index (χ1) is 14.9.